The molecule has 0 aliphatic rings. The lowest BCUT2D eigenvalue weighted by atomic mass is 10.2. The number of nitrogens with zero attached hydrogens (tertiary/aromatic N) is 4. The van der Waals surface area contributed by atoms with Crippen molar-refractivity contribution in [3.8, 4) is 5.75 Å². The molecule has 2 aromatic rings. The molecule has 0 amide bonds. The topological polar surface area (TPSA) is 63.9 Å². The second-order valence-corrected chi connectivity index (χ2v) is 6.91. The first kappa shape index (κ1) is 27.1. The van der Waals surface area contributed by atoms with E-state index in [0.717, 1.165) is 35.0 Å². The molecular formula is C21H32F2IN5O2. The molecule has 0 saturated carbocycles. The van der Waals surface area contributed by atoms with E-state index < -0.39 is 6.61 Å². The van der Waals surface area contributed by atoms with Gasteiger partial charge in [-0.2, -0.15) is 13.9 Å². The van der Waals surface area contributed by atoms with Crippen LogP contribution in [0, 0.1) is 13.8 Å². The van der Waals surface area contributed by atoms with Crippen molar-refractivity contribution < 1.29 is 18.3 Å². The summed E-state index contributed by atoms with van der Waals surface area (Å²) in [5.74, 6) is 0.905. The van der Waals surface area contributed by atoms with E-state index in [0.29, 0.717) is 26.2 Å². The molecular weight excluding hydrogens is 519 g/mol. The standard InChI is InChI=1S/C21H31F2N5O2.HI/c1-6-24-21(25-13-19-15(2)26-28(16(19)3)11-12-29-5)27(4)14-17-7-9-18(10-8-17)30-20(22)23;/h7-10,20H,6,11-14H2,1-5H3,(H,24,25);1H. The SMILES string of the molecule is CCNC(=NCc1c(C)nn(CCOC)c1C)N(C)Cc1ccc(OC(F)F)cc1.I. The van der Waals surface area contributed by atoms with Gasteiger partial charge in [0.2, 0.25) is 0 Å². The first-order valence-corrected chi connectivity index (χ1v) is 9.90. The summed E-state index contributed by atoms with van der Waals surface area (Å²) < 4.78 is 36.1. The first-order chi connectivity index (χ1) is 14.3. The van der Waals surface area contributed by atoms with Gasteiger partial charge >= 0.3 is 6.61 Å². The molecule has 0 spiro atoms. The van der Waals surface area contributed by atoms with Crippen LogP contribution in [0.3, 0.4) is 0 Å². The van der Waals surface area contributed by atoms with E-state index in [-0.39, 0.29) is 29.7 Å². The van der Waals surface area contributed by atoms with Crippen LogP contribution < -0.4 is 10.1 Å². The van der Waals surface area contributed by atoms with Crippen LogP contribution in [-0.2, 0) is 24.4 Å². The van der Waals surface area contributed by atoms with Gasteiger partial charge in [0.25, 0.3) is 0 Å². The van der Waals surface area contributed by atoms with Crippen LogP contribution in [0.1, 0.15) is 29.4 Å². The number of alkyl halides is 2. The predicted octanol–water partition coefficient (Wildman–Crippen LogP) is 3.96. The Morgan fingerprint density at radius 2 is 1.94 bits per heavy atom. The van der Waals surface area contributed by atoms with E-state index in [9.17, 15) is 8.78 Å². The van der Waals surface area contributed by atoms with E-state index in [2.05, 4.69) is 15.2 Å². The maximum Gasteiger partial charge on any atom is 0.387 e. The normalized spacial score (nSPS) is 11.4. The molecule has 0 aliphatic heterocycles. The summed E-state index contributed by atoms with van der Waals surface area (Å²) in [5, 5.41) is 7.88. The fraction of sp³-hybridized carbons (Fsp3) is 0.524. The molecule has 0 unspecified atom stereocenters. The third-order valence-electron chi connectivity index (χ3n) is 4.69. The number of aromatic nitrogens is 2. The number of nitrogens with one attached hydrogen (secondary N) is 1. The van der Waals surface area contributed by atoms with Crippen molar-refractivity contribution in [2.24, 2.45) is 4.99 Å². The third-order valence-corrected chi connectivity index (χ3v) is 4.69. The number of halogens is 3. The van der Waals surface area contributed by atoms with Crippen LogP contribution in [0.2, 0.25) is 0 Å². The molecule has 1 aromatic carbocycles. The van der Waals surface area contributed by atoms with Crippen molar-refractivity contribution in [2.45, 2.75) is 47.0 Å². The Bertz CT molecular complexity index is 828. The molecule has 174 valence electrons. The predicted molar refractivity (Wildman–Crippen MR) is 128 cm³/mol. The molecule has 0 saturated heterocycles. The number of benzene rings is 1. The summed E-state index contributed by atoms with van der Waals surface area (Å²) in [6, 6.07) is 6.62. The van der Waals surface area contributed by atoms with Crippen LogP contribution >= 0.6 is 24.0 Å². The second-order valence-electron chi connectivity index (χ2n) is 6.91. The van der Waals surface area contributed by atoms with Crippen LogP contribution in [0.15, 0.2) is 29.3 Å². The molecule has 7 nitrogen and oxygen atoms in total. The van der Waals surface area contributed by atoms with Gasteiger partial charge in [0, 0.05) is 38.5 Å². The van der Waals surface area contributed by atoms with Crippen LogP contribution in [0.5, 0.6) is 5.75 Å². The summed E-state index contributed by atoms with van der Waals surface area (Å²) in [6.45, 7) is 6.35. The van der Waals surface area contributed by atoms with E-state index in [1.165, 1.54) is 0 Å². The van der Waals surface area contributed by atoms with Crippen molar-refractivity contribution in [1.29, 1.82) is 0 Å². The number of aryl methyl sites for hydroxylation is 1. The summed E-state index contributed by atoms with van der Waals surface area (Å²) in [6.07, 6.45) is 0. The van der Waals surface area contributed by atoms with Gasteiger partial charge < -0.3 is 19.7 Å². The number of methoxy groups -OCH3 is 1. The van der Waals surface area contributed by atoms with E-state index in [1.54, 1.807) is 31.4 Å². The first-order valence-electron chi connectivity index (χ1n) is 9.90. The number of aliphatic imine (C=N–C) groups is 1. The zero-order valence-corrected chi connectivity index (χ0v) is 21.0. The molecule has 0 radical (unpaired) electrons. The Labute approximate surface area is 199 Å². The fourth-order valence-electron chi connectivity index (χ4n) is 3.11. The summed E-state index contributed by atoms with van der Waals surface area (Å²) in [4.78, 5) is 6.77. The van der Waals surface area contributed by atoms with Gasteiger partial charge in [-0.3, -0.25) is 4.68 Å². The van der Waals surface area contributed by atoms with Gasteiger partial charge in [0.05, 0.1) is 25.4 Å². The van der Waals surface area contributed by atoms with Gasteiger partial charge in [0.15, 0.2) is 5.96 Å². The van der Waals surface area contributed by atoms with Gasteiger partial charge in [-0.05, 0) is 38.5 Å². The summed E-state index contributed by atoms with van der Waals surface area (Å²) >= 11 is 0. The number of guanidine groups is 1. The average molecular weight is 551 g/mol. The second kappa shape index (κ2) is 13.5. The maximum atomic E-state index is 12.3. The quantitative estimate of drug-likeness (QED) is 0.275. The highest BCUT2D eigenvalue weighted by Crippen LogP contribution is 2.17. The molecule has 10 heteroatoms. The van der Waals surface area contributed by atoms with Crippen LogP contribution in [0.4, 0.5) is 8.78 Å². The maximum absolute atomic E-state index is 12.3. The molecule has 0 aliphatic carbocycles. The molecule has 1 aromatic heterocycles. The van der Waals surface area contributed by atoms with Gasteiger partial charge in [0.1, 0.15) is 5.75 Å². The van der Waals surface area contributed by atoms with Gasteiger partial charge in [-0.25, -0.2) is 4.99 Å². The minimum absolute atomic E-state index is 0. The van der Waals surface area contributed by atoms with Crippen molar-refractivity contribution in [2.75, 3.05) is 27.3 Å². The van der Waals surface area contributed by atoms with Crippen molar-refractivity contribution >= 4 is 29.9 Å². The van der Waals surface area contributed by atoms with Crippen molar-refractivity contribution in [3.63, 3.8) is 0 Å². The molecule has 0 bridgehead atoms. The molecule has 1 N–H and O–H groups in total. The lowest BCUT2D eigenvalue weighted by Gasteiger charge is -2.22. The molecule has 0 fully saturated rings. The highest BCUT2D eigenvalue weighted by atomic mass is 127. The Kier molecular flexibility index (Phi) is 11.8. The van der Waals surface area contributed by atoms with Crippen LogP contribution in [-0.4, -0.2) is 54.6 Å². The summed E-state index contributed by atoms with van der Waals surface area (Å²) in [7, 11) is 3.61. The monoisotopic (exact) mass is 551 g/mol. The Morgan fingerprint density at radius 1 is 1.26 bits per heavy atom. The number of rotatable bonds is 10. The van der Waals surface area contributed by atoms with Crippen LogP contribution in [0.25, 0.3) is 0 Å². The lowest BCUT2D eigenvalue weighted by Crippen LogP contribution is -2.38. The third kappa shape index (κ3) is 8.24. The smallest absolute Gasteiger partial charge is 0.387 e. The Morgan fingerprint density at radius 3 is 2.52 bits per heavy atom. The van der Waals surface area contributed by atoms with Gasteiger partial charge in [-0.15, -0.1) is 24.0 Å². The average Bonchev–Trinajstić information content (AvgIpc) is 2.97. The molecule has 1 heterocycles. The van der Waals surface area contributed by atoms with E-state index in [1.807, 2.05) is 37.4 Å². The molecule has 0 atom stereocenters. The number of hydrogen-bond donors (Lipinski definition) is 1. The highest BCUT2D eigenvalue weighted by molar-refractivity contribution is 14.0. The zero-order chi connectivity index (χ0) is 22.1. The van der Waals surface area contributed by atoms with Crippen molar-refractivity contribution in [1.82, 2.24) is 20.0 Å². The minimum Gasteiger partial charge on any atom is -0.435 e. The largest absolute Gasteiger partial charge is 0.435 e. The number of ether oxygens (including phenoxy) is 2. The highest BCUT2D eigenvalue weighted by Gasteiger charge is 2.13. The lowest BCUT2D eigenvalue weighted by molar-refractivity contribution is -0.0498. The van der Waals surface area contributed by atoms with Crippen molar-refractivity contribution in [3.05, 3.63) is 46.8 Å². The van der Waals surface area contributed by atoms with E-state index in [4.69, 9.17) is 9.73 Å². The summed E-state index contributed by atoms with van der Waals surface area (Å²) in [5.41, 5.74) is 4.11. The Balaban J connectivity index is 0.00000480. The van der Waals surface area contributed by atoms with Gasteiger partial charge in [-0.1, -0.05) is 12.1 Å². The van der Waals surface area contributed by atoms with E-state index >= 15 is 0 Å². The molecule has 31 heavy (non-hydrogen) atoms. The fourth-order valence-corrected chi connectivity index (χ4v) is 3.11. The number of hydrogen-bond acceptors (Lipinski definition) is 4. The minimum atomic E-state index is -2.82. The Hall–Kier alpha value is -1.95. The molecule has 2 rings (SSSR count). The zero-order valence-electron chi connectivity index (χ0n) is 18.7.